The van der Waals surface area contributed by atoms with E-state index in [2.05, 4.69) is 0 Å². The van der Waals surface area contributed by atoms with Gasteiger partial charge in [-0.05, 0) is 48.9 Å². The normalized spacial score (nSPS) is 16.5. The Labute approximate surface area is 229 Å². The fourth-order valence-electron chi connectivity index (χ4n) is 4.36. The van der Waals surface area contributed by atoms with Gasteiger partial charge >= 0.3 is 0 Å². The van der Waals surface area contributed by atoms with E-state index >= 15 is 0 Å². The molecule has 3 aromatic rings. The zero-order chi connectivity index (χ0) is 27.6. The number of hydrogen-bond acceptors (Lipinski definition) is 7. The number of benzene rings is 3. The summed E-state index contributed by atoms with van der Waals surface area (Å²) >= 11 is 12.6. The number of aliphatic hydroxyl groups excluding tert-OH is 1. The van der Waals surface area contributed by atoms with Crippen molar-refractivity contribution in [2.45, 2.75) is 13.0 Å². The van der Waals surface area contributed by atoms with E-state index < -0.39 is 23.5 Å². The van der Waals surface area contributed by atoms with Crippen molar-refractivity contribution in [2.75, 3.05) is 32.8 Å². The summed E-state index contributed by atoms with van der Waals surface area (Å²) in [5.41, 5.74) is 0.818. The molecule has 1 heterocycles. The van der Waals surface area contributed by atoms with Crippen molar-refractivity contribution < 1.29 is 33.6 Å². The minimum atomic E-state index is -1.04. The Morgan fingerprint density at radius 1 is 0.895 bits per heavy atom. The van der Waals surface area contributed by atoms with Crippen LogP contribution >= 0.6 is 23.2 Å². The molecule has 1 saturated heterocycles. The van der Waals surface area contributed by atoms with Gasteiger partial charge in [0.1, 0.15) is 17.3 Å². The molecular weight excluding hydrogens is 533 g/mol. The van der Waals surface area contributed by atoms with E-state index in [-0.39, 0.29) is 21.9 Å². The third-order valence-corrected chi connectivity index (χ3v) is 6.59. The molecule has 1 atom stereocenters. The average molecular weight is 558 g/mol. The highest BCUT2D eigenvalue weighted by Crippen LogP contribution is 2.46. The van der Waals surface area contributed by atoms with Gasteiger partial charge in [0.2, 0.25) is 0 Å². The number of nitrogens with zero attached hydrogens (tertiary/aromatic N) is 1. The van der Waals surface area contributed by atoms with Crippen LogP contribution in [0.5, 0.6) is 23.0 Å². The predicted molar refractivity (Wildman–Crippen MR) is 145 cm³/mol. The molecule has 198 valence electrons. The van der Waals surface area contributed by atoms with Crippen LogP contribution < -0.4 is 23.8 Å². The summed E-state index contributed by atoms with van der Waals surface area (Å²) < 4.78 is 21.8. The monoisotopic (exact) mass is 557 g/mol. The van der Waals surface area contributed by atoms with Crippen LogP contribution in [-0.4, -0.2) is 44.7 Å². The maximum atomic E-state index is 13.5. The molecule has 38 heavy (non-hydrogen) atoms. The highest BCUT2D eigenvalue weighted by atomic mass is 35.5. The van der Waals surface area contributed by atoms with Crippen LogP contribution in [0.3, 0.4) is 0 Å². The number of hydrogen-bond donors (Lipinski definition) is 1. The van der Waals surface area contributed by atoms with Crippen LogP contribution in [0.25, 0.3) is 5.76 Å². The van der Waals surface area contributed by atoms with Gasteiger partial charge < -0.3 is 24.1 Å². The lowest BCUT2D eigenvalue weighted by molar-refractivity contribution is -0.132. The van der Waals surface area contributed by atoms with Crippen molar-refractivity contribution >= 4 is 46.3 Å². The van der Waals surface area contributed by atoms with E-state index in [1.807, 2.05) is 6.92 Å². The quantitative estimate of drug-likeness (QED) is 0.205. The molecule has 1 fully saturated rings. The number of methoxy groups -OCH3 is 3. The number of Topliss-reactive ketones (excluding diaryl/α,β-unsaturated/α-hetero) is 1. The summed E-state index contributed by atoms with van der Waals surface area (Å²) in [6.07, 6.45) is 0. The van der Waals surface area contributed by atoms with Gasteiger partial charge in [-0.3, -0.25) is 14.5 Å². The summed E-state index contributed by atoms with van der Waals surface area (Å²) in [4.78, 5) is 28.3. The first kappa shape index (κ1) is 27.2. The molecule has 1 N–H and O–H groups in total. The highest BCUT2D eigenvalue weighted by Gasteiger charge is 2.47. The van der Waals surface area contributed by atoms with E-state index in [9.17, 15) is 14.7 Å². The summed E-state index contributed by atoms with van der Waals surface area (Å²) in [5.74, 6) is -0.809. The number of carbonyl (C=O) groups is 2. The molecule has 0 radical (unpaired) electrons. The van der Waals surface area contributed by atoms with Crippen LogP contribution in [0.2, 0.25) is 10.0 Å². The molecule has 1 aliphatic heterocycles. The van der Waals surface area contributed by atoms with Gasteiger partial charge in [0.25, 0.3) is 11.7 Å². The number of ether oxygens (including phenoxy) is 4. The third-order valence-electron chi connectivity index (χ3n) is 6.06. The second-order valence-electron chi connectivity index (χ2n) is 8.18. The van der Waals surface area contributed by atoms with Gasteiger partial charge in [0, 0.05) is 16.8 Å². The number of rotatable bonds is 8. The Morgan fingerprint density at radius 2 is 1.61 bits per heavy atom. The molecule has 1 aliphatic rings. The number of anilines is 1. The lowest BCUT2D eigenvalue weighted by atomic mass is 9.94. The molecular formula is C28H25Cl2NO7. The van der Waals surface area contributed by atoms with E-state index in [4.69, 9.17) is 42.1 Å². The van der Waals surface area contributed by atoms with E-state index in [1.165, 1.54) is 38.4 Å². The molecule has 0 bridgehead atoms. The van der Waals surface area contributed by atoms with E-state index in [1.54, 1.807) is 42.5 Å². The molecule has 10 heteroatoms. The minimum absolute atomic E-state index is 0.117. The van der Waals surface area contributed by atoms with Gasteiger partial charge in [-0.15, -0.1) is 0 Å². The van der Waals surface area contributed by atoms with Crippen molar-refractivity contribution in [3.8, 4) is 23.0 Å². The van der Waals surface area contributed by atoms with Crippen molar-refractivity contribution in [3.63, 3.8) is 0 Å². The maximum absolute atomic E-state index is 13.5. The fraction of sp³-hybridized carbons (Fsp3) is 0.214. The molecule has 4 rings (SSSR count). The molecule has 0 saturated carbocycles. The minimum Gasteiger partial charge on any atom is -0.507 e. The Bertz CT molecular complexity index is 1440. The fourth-order valence-corrected chi connectivity index (χ4v) is 4.79. The standard InChI is InChI=1S/C28H25Cl2NO7/c1-5-38-23-11-15(9-10-20(23)35-2)25-24(26(32)18-13-19(30)22(37-4)14-21(18)36-3)27(33)28(34)31(25)17-8-6-7-16(29)12-17/h6-14,25,32H,5H2,1-4H3/b26-24+. The van der Waals surface area contributed by atoms with Gasteiger partial charge in [-0.25, -0.2) is 0 Å². The van der Waals surface area contributed by atoms with E-state index in [0.717, 1.165) is 0 Å². The van der Waals surface area contributed by atoms with Gasteiger partial charge in [-0.2, -0.15) is 0 Å². The number of amides is 1. The van der Waals surface area contributed by atoms with Crippen LogP contribution in [0, 0.1) is 0 Å². The highest BCUT2D eigenvalue weighted by molar-refractivity contribution is 6.52. The van der Waals surface area contributed by atoms with Crippen LogP contribution in [-0.2, 0) is 9.59 Å². The second-order valence-corrected chi connectivity index (χ2v) is 9.02. The number of ketones is 1. The molecule has 8 nitrogen and oxygen atoms in total. The van der Waals surface area contributed by atoms with Crippen LogP contribution in [0.4, 0.5) is 5.69 Å². The Morgan fingerprint density at radius 3 is 2.24 bits per heavy atom. The smallest absolute Gasteiger partial charge is 0.300 e. The van der Waals surface area contributed by atoms with Crippen molar-refractivity contribution in [1.82, 2.24) is 0 Å². The SMILES string of the molecule is CCOc1cc(C2/C(=C(\O)c3cc(Cl)c(OC)cc3OC)C(=O)C(=O)N2c2cccc(Cl)c2)ccc1OC. The lowest BCUT2D eigenvalue weighted by Crippen LogP contribution is -2.29. The van der Waals surface area contributed by atoms with Crippen molar-refractivity contribution in [2.24, 2.45) is 0 Å². The molecule has 0 aliphatic carbocycles. The van der Waals surface area contributed by atoms with Crippen molar-refractivity contribution in [1.29, 1.82) is 0 Å². The molecule has 1 amide bonds. The Hall–Kier alpha value is -3.88. The summed E-state index contributed by atoms with van der Waals surface area (Å²) in [7, 11) is 4.35. The van der Waals surface area contributed by atoms with Gasteiger partial charge in [0.05, 0.1) is 50.1 Å². The number of aliphatic hydroxyl groups is 1. The molecule has 3 aromatic carbocycles. The Kier molecular flexibility index (Phi) is 8.04. The lowest BCUT2D eigenvalue weighted by Gasteiger charge is -2.26. The Balaban J connectivity index is 2.01. The molecule has 1 unspecified atom stereocenters. The third kappa shape index (κ3) is 4.85. The first-order valence-corrected chi connectivity index (χ1v) is 12.3. The first-order valence-electron chi connectivity index (χ1n) is 11.5. The average Bonchev–Trinajstić information content (AvgIpc) is 3.18. The maximum Gasteiger partial charge on any atom is 0.300 e. The zero-order valence-electron chi connectivity index (χ0n) is 21.1. The first-order chi connectivity index (χ1) is 18.2. The summed E-state index contributed by atoms with van der Waals surface area (Å²) in [6.45, 7) is 2.18. The molecule has 0 spiro atoms. The molecule has 0 aromatic heterocycles. The van der Waals surface area contributed by atoms with Gasteiger partial charge in [0.15, 0.2) is 11.5 Å². The van der Waals surface area contributed by atoms with Gasteiger partial charge in [-0.1, -0.05) is 35.3 Å². The van der Waals surface area contributed by atoms with Crippen molar-refractivity contribution in [3.05, 3.63) is 81.3 Å². The second kappa shape index (κ2) is 11.2. The number of carbonyl (C=O) groups excluding carboxylic acids is 2. The van der Waals surface area contributed by atoms with E-state index in [0.29, 0.717) is 40.1 Å². The zero-order valence-corrected chi connectivity index (χ0v) is 22.6. The summed E-state index contributed by atoms with van der Waals surface area (Å²) in [6, 6.07) is 13.4. The summed E-state index contributed by atoms with van der Waals surface area (Å²) in [5, 5.41) is 12.1. The van der Waals surface area contributed by atoms with Crippen LogP contribution in [0.15, 0.2) is 60.2 Å². The number of halogens is 2. The van der Waals surface area contributed by atoms with Crippen LogP contribution in [0.1, 0.15) is 24.1 Å². The largest absolute Gasteiger partial charge is 0.507 e. The predicted octanol–water partition coefficient (Wildman–Crippen LogP) is 6.04. The topological polar surface area (TPSA) is 94.5 Å².